The van der Waals surface area contributed by atoms with Crippen LogP contribution in [0.15, 0.2) is 10.5 Å². The molecule has 168 valence electrons. The number of benzene rings is 1. The molecule has 1 heteroatoms. The highest BCUT2D eigenvalue weighted by atomic mass is 16.3. The molecule has 1 aromatic heterocycles. The van der Waals surface area contributed by atoms with Crippen LogP contribution in [0.2, 0.25) is 0 Å². The standard InChI is InChI=1S/C17H24.C11H18O.CH4/c1-10-11(2)13(4)16-14(12(10)3)8-9-15(16)17(5,6)7;1-7-8(2)10(11(4,5)6)12-9(7)3;/h9H,8H2,1-7H3;1-6H3;1H4. The molecule has 2 aromatic rings. The van der Waals surface area contributed by atoms with Crippen LogP contribution in [-0.2, 0) is 11.8 Å². The molecule has 1 nitrogen and oxygen atoms in total. The first kappa shape index (κ1) is 26.3. The number of aryl methyl sites for hydroxylation is 1. The van der Waals surface area contributed by atoms with E-state index in [1.165, 1.54) is 44.5 Å². The minimum atomic E-state index is 0. The summed E-state index contributed by atoms with van der Waals surface area (Å²) >= 11 is 0. The second-order valence-corrected chi connectivity index (χ2v) is 10.9. The fourth-order valence-electron chi connectivity index (χ4n) is 4.45. The summed E-state index contributed by atoms with van der Waals surface area (Å²) in [4.78, 5) is 0. The molecule has 0 unspecified atom stereocenters. The second kappa shape index (κ2) is 8.77. The van der Waals surface area contributed by atoms with Crippen LogP contribution in [0.25, 0.3) is 5.57 Å². The van der Waals surface area contributed by atoms with Gasteiger partial charge in [-0.25, -0.2) is 0 Å². The molecule has 0 spiro atoms. The first-order valence-corrected chi connectivity index (χ1v) is 11.0. The average molecular weight is 411 g/mol. The summed E-state index contributed by atoms with van der Waals surface area (Å²) in [6.45, 7) is 28.8. The third-order valence-corrected chi connectivity index (χ3v) is 6.77. The predicted octanol–water partition coefficient (Wildman–Crippen LogP) is 9.04. The maximum atomic E-state index is 5.71. The summed E-state index contributed by atoms with van der Waals surface area (Å²) in [6, 6.07) is 0. The van der Waals surface area contributed by atoms with Crippen molar-refractivity contribution in [3.05, 3.63) is 62.1 Å². The second-order valence-electron chi connectivity index (χ2n) is 10.9. The third kappa shape index (κ3) is 4.76. The van der Waals surface area contributed by atoms with E-state index >= 15 is 0 Å². The summed E-state index contributed by atoms with van der Waals surface area (Å²) in [6.07, 6.45) is 3.55. The maximum absolute atomic E-state index is 5.71. The van der Waals surface area contributed by atoms with E-state index in [0.29, 0.717) is 0 Å². The minimum absolute atomic E-state index is 0. The summed E-state index contributed by atoms with van der Waals surface area (Å²) in [5.41, 5.74) is 13.6. The van der Waals surface area contributed by atoms with Gasteiger partial charge in [0.15, 0.2) is 0 Å². The molecule has 0 radical (unpaired) electrons. The lowest BCUT2D eigenvalue weighted by atomic mass is 9.79. The number of allylic oxidation sites excluding steroid dienone is 2. The highest BCUT2D eigenvalue weighted by Crippen LogP contribution is 2.44. The lowest BCUT2D eigenvalue weighted by molar-refractivity contribution is 0.392. The van der Waals surface area contributed by atoms with Gasteiger partial charge in [0.2, 0.25) is 0 Å². The predicted molar refractivity (Wildman–Crippen MR) is 135 cm³/mol. The molecule has 1 aliphatic carbocycles. The Morgan fingerprint density at radius 1 is 0.633 bits per heavy atom. The molecule has 0 saturated heterocycles. The maximum Gasteiger partial charge on any atom is 0.112 e. The van der Waals surface area contributed by atoms with Gasteiger partial charge < -0.3 is 4.42 Å². The van der Waals surface area contributed by atoms with Crippen molar-refractivity contribution in [2.75, 3.05) is 0 Å². The van der Waals surface area contributed by atoms with Crippen molar-refractivity contribution >= 4 is 5.57 Å². The Labute approximate surface area is 187 Å². The molecule has 0 bridgehead atoms. The molecule has 1 heterocycles. The zero-order valence-electron chi connectivity index (χ0n) is 21.2. The quantitative estimate of drug-likeness (QED) is 0.422. The topological polar surface area (TPSA) is 13.1 Å². The molecule has 0 aliphatic heterocycles. The van der Waals surface area contributed by atoms with Crippen LogP contribution >= 0.6 is 0 Å². The molecule has 1 aromatic carbocycles. The van der Waals surface area contributed by atoms with Crippen LogP contribution < -0.4 is 0 Å². The monoisotopic (exact) mass is 410 g/mol. The Morgan fingerprint density at radius 2 is 1.13 bits per heavy atom. The first-order chi connectivity index (χ1) is 13.1. The van der Waals surface area contributed by atoms with E-state index in [1.807, 2.05) is 6.92 Å². The molecule has 0 amide bonds. The highest BCUT2D eigenvalue weighted by Gasteiger charge is 2.28. The van der Waals surface area contributed by atoms with Gasteiger partial charge in [-0.05, 0) is 110 Å². The van der Waals surface area contributed by atoms with Crippen LogP contribution in [0.4, 0.5) is 0 Å². The number of fused-ring (bicyclic) bond motifs is 1. The Bertz CT molecular complexity index is 950. The van der Waals surface area contributed by atoms with Crippen LogP contribution in [0.3, 0.4) is 0 Å². The fraction of sp³-hybridized carbons (Fsp3) is 0.586. The minimum Gasteiger partial charge on any atom is -0.465 e. The van der Waals surface area contributed by atoms with Crippen molar-refractivity contribution < 1.29 is 4.42 Å². The molecule has 1 aliphatic rings. The van der Waals surface area contributed by atoms with Crippen LogP contribution in [0.1, 0.15) is 105 Å². The largest absolute Gasteiger partial charge is 0.465 e. The van der Waals surface area contributed by atoms with E-state index in [0.717, 1.165) is 17.9 Å². The van der Waals surface area contributed by atoms with Gasteiger partial charge >= 0.3 is 0 Å². The first-order valence-electron chi connectivity index (χ1n) is 11.0. The lowest BCUT2D eigenvalue weighted by Gasteiger charge is -2.25. The molecule has 0 atom stereocenters. The third-order valence-electron chi connectivity index (χ3n) is 6.77. The fourth-order valence-corrected chi connectivity index (χ4v) is 4.45. The van der Waals surface area contributed by atoms with Gasteiger partial charge in [0.1, 0.15) is 11.5 Å². The number of rotatable bonds is 0. The normalized spacial score (nSPS) is 13.3. The van der Waals surface area contributed by atoms with Crippen molar-refractivity contribution in [1.82, 2.24) is 0 Å². The molecule has 30 heavy (non-hydrogen) atoms. The van der Waals surface area contributed by atoms with Gasteiger partial charge in [-0.2, -0.15) is 0 Å². The Kier molecular flexibility index (Phi) is 7.68. The van der Waals surface area contributed by atoms with Crippen LogP contribution in [0, 0.1) is 53.9 Å². The van der Waals surface area contributed by atoms with Crippen LogP contribution in [-0.4, -0.2) is 0 Å². The van der Waals surface area contributed by atoms with Gasteiger partial charge in [-0.15, -0.1) is 0 Å². The van der Waals surface area contributed by atoms with E-state index < -0.39 is 0 Å². The summed E-state index contributed by atoms with van der Waals surface area (Å²) in [7, 11) is 0. The molecule has 0 fully saturated rings. The molecule has 3 rings (SSSR count). The van der Waals surface area contributed by atoms with Gasteiger partial charge in [0.25, 0.3) is 0 Å². The Balaban J connectivity index is 0.000000308. The van der Waals surface area contributed by atoms with Crippen LogP contribution in [0.5, 0.6) is 0 Å². The highest BCUT2D eigenvalue weighted by molar-refractivity contribution is 5.80. The number of hydrogen-bond acceptors (Lipinski definition) is 1. The van der Waals surface area contributed by atoms with Crippen molar-refractivity contribution in [1.29, 1.82) is 0 Å². The molecular formula is C29H46O. The van der Waals surface area contributed by atoms with E-state index in [4.69, 9.17) is 4.42 Å². The van der Waals surface area contributed by atoms with Crippen molar-refractivity contribution in [2.24, 2.45) is 5.41 Å². The summed E-state index contributed by atoms with van der Waals surface area (Å²) < 4.78 is 5.71. The zero-order chi connectivity index (χ0) is 22.5. The van der Waals surface area contributed by atoms with E-state index in [9.17, 15) is 0 Å². The van der Waals surface area contributed by atoms with E-state index in [-0.39, 0.29) is 18.3 Å². The smallest absolute Gasteiger partial charge is 0.112 e. The molecule has 0 N–H and O–H groups in total. The van der Waals surface area contributed by atoms with Crippen molar-refractivity contribution in [3.8, 4) is 0 Å². The summed E-state index contributed by atoms with van der Waals surface area (Å²) in [5.74, 6) is 2.18. The zero-order valence-corrected chi connectivity index (χ0v) is 21.2. The average Bonchev–Trinajstić information content (AvgIpc) is 3.16. The lowest BCUT2D eigenvalue weighted by Crippen LogP contribution is -2.11. The molecular weight excluding hydrogens is 364 g/mol. The Morgan fingerprint density at radius 3 is 1.50 bits per heavy atom. The number of furan rings is 1. The Hall–Kier alpha value is -1.76. The number of hydrogen-bond donors (Lipinski definition) is 0. The SMILES string of the molecule is C.Cc1c(C)c(C)c2c(c1C)CC=C2C(C)(C)C.Cc1oc(C(C)(C)C)c(C)c1C. The van der Waals surface area contributed by atoms with Gasteiger partial charge in [-0.1, -0.05) is 55.0 Å². The van der Waals surface area contributed by atoms with E-state index in [1.54, 1.807) is 5.56 Å². The summed E-state index contributed by atoms with van der Waals surface area (Å²) in [5, 5.41) is 0. The van der Waals surface area contributed by atoms with Gasteiger partial charge in [0.05, 0.1) is 0 Å². The van der Waals surface area contributed by atoms with Gasteiger partial charge in [-0.3, -0.25) is 0 Å². The van der Waals surface area contributed by atoms with Crippen molar-refractivity contribution in [2.45, 2.75) is 109 Å². The van der Waals surface area contributed by atoms with Gasteiger partial charge in [0, 0.05) is 5.41 Å². The van der Waals surface area contributed by atoms with Crippen molar-refractivity contribution in [3.63, 3.8) is 0 Å². The van der Waals surface area contributed by atoms with E-state index in [2.05, 4.69) is 89.2 Å². The molecule has 0 saturated carbocycles.